The van der Waals surface area contributed by atoms with Gasteiger partial charge in [0.1, 0.15) is 5.75 Å². The number of carbonyl (C=O) groups is 1. The fourth-order valence-electron chi connectivity index (χ4n) is 2.95. The first kappa shape index (κ1) is 21.0. The van der Waals surface area contributed by atoms with Gasteiger partial charge in [0.25, 0.3) is 5.91 Å². The van der Waals surface area contributed by atoms with Gasteiger partial charge in [0.15, 0.2) is 0 Å². The number of rotatable bonds is 12. The summed E-state index contributed by atoms with van der Waals surface area (Å²) in [5, 5.41) is 6.46. The highest BCUT2D eigenvalue weighted by Crippen LogP contribution is 2.24. The summed E-state index contributed by atoms with van der Waals surface area (Å²) in [6.07, 6.45) is 5.75. The molecule has 1 unspecified atom stereocenters. The molecule has 1 atom stereocenters. The summed E-state index contributed by atoms with van der Waals surface area (Å²) in [7, 11) is 0. The second kappa shape index (κ2) is 11.4. The Morgan fingerprint density at radius 3 is 2.15 bits per heavy atom. The van der Waals surface area contributed by atoms with Gasteiger partial charge < -0.3 is 10.1 Å². The molecule has 0 radical (unpaired) electrons. The van der Waals surface area contributed by atoms with E-state index in [-0.39, 0.29) is 5.91 Å². The standard InChI is InChI=1S/C23H32N2O2/c1-3-5-13-18-23(24-19-6-4-2,27-21-16-11-8-12-17-21)22(26)25-20-14-9-7-10-15-20/h7-12,14-17,24H,3-6,13,18-19H2,1-2H3,(H,25,26). The number of ether oxygens (including phenoxy) is 1. The average Bonchev–Trinajstić information content (AvgIpc) is 2.69. The maximum absolute atomic E-state index is 13.3. The molecule has 4 nitrogen and oxygen atoms in total. The predicted molar refractivity (Wildman–Crippen MR) is 112 cm³/mol. The Labute approximate surface area is 163 Å². The second-order valence-corrected chi connectivity index (χ2v) is 6.80. The molecule has 4 heteroatoms. The molecule has 0 aliphatic rings. The first-order valence-corrected chi connectivity index (χ1v) is 10.1. The molecule has 146 valence electrons. The quantitative estimate of drug-likeness (QED) is 0.391. The zero-order valence-corrected chi connectivity index (χ0v) is 16.5. The molecule has 0 fully saturated rings. The van der Waals surface area contributed by atoms with Crippen molar-refractivity contribution >= 4 is 11.6 Å². The van der Waals surface area contributed by atoms with E-state index in [1.54, 1.807) is 0 Å². The van der Waals surface area contributed by atoms with Gasteiger partial charge in [-0.15, -0.1) is 0 Å². The van der Waals surface area contributed by atoms with Gasteiger partial charge in [-0.3, -0.25) is 10.1 Å². The lowest BCUT2D eigenvalue weighted by Gasteiger charge is -2.34. The Bertz CT molecular complexity index is 649. The molecule has 0 aromatic heterocycles. The molecule has 27 heavy (non-hydrogen) atoms. The summed E-state index contributed by atoms with van der Waals surface area (Å²) in [5.74, 6) is 0.547. The van der Waals surface area contributed by atoms with Crippen molar-refractivity contribution in [2.45, 2.75) is 58.1 Å². The van der Waals surface area contributed by atoms with Crippen LogP contribution in [0.1, 0.15) is 52.4 Å². The topological polar surface area (TPSA) is 50.4 Å². The predicted octanol–water partition coefficient (Wildman–Crippen LogP) is 5.37. The van der Waals surface area contributed by atoms with Gasteiger partial charge in [-0.2, -0.15) is 0 Å². The summed E-state index contributed by atoms with van der Waals surface area (Å²) in [5.41, 5.74) is -0.307. The molecule has 0 aliphatic heterocycles. The third-order valence-electron chi connectivity index (χ3n) is 4.51. The summed E-state index contributed by atoms with van der Waals surface area (Å²) < 4.78 is 6.31. The van der Waals surface area contributed by atoms with E-state index < -0.39 is 5.72 Å². The van der Waals surface area contributed by atoms with Crippen molar-refractivity contribution in [1.82, 2.24) is 5.32 Å². The number of carbonyl (C=O) groups excluding carboxylic acids is 1. The third-order valence-corrected chi connectivity index (χ3v) is 4.51. The second-order valence-electron chi connectivity index (χ2n) is 6.80. The van der Waals surface area contributed by atoms with Crippen molar-refractivity contribution in [3.8, 4) is 5.75 Å². The van der Waals surface area contributed by atoms with Gasteiger partial charge in [0.2, 0.25) is 5.72 Å². The van der Waals surface area contributed by atoms with Crippen molar-refractivity contribution in [3.63, 3.8) is 0 Å². The molecule has 0 spiro atoms. The molecule has 2 aromatic rings. The van der Waals surface area contributed by atoms with Crippen LogP contribution in [0, 0.1) is 0 Å². The lowest BCUT2D eigenvalue weighted by molar-refractivity contribution is -0.135. The first-order valence-electron chi connectivity index (χ1n) is 10.1. The van der Waals surface area contributed by atoms with Crippen LogP contribution in [0.3, 0.4) is 0 Å². The van der Waals surface area contributed by atoms with E-state index in [9.17, 15) is 4.79 Å². The maximum Gasteiger partial charge on any atom is 0.284 e. The number of hydrogen-bond acceptors (Lipinski definition) is 3. The smallest absolute Gasteiger partial charge is 0.284 e. The number of hydrogen-bond donors (Lipinski definition) is 2. The Balaban J connectivity index is 2.26. The average molecular weight is 369 g/mol. The van der Waals surface area contributed by atoms with E-state index in [0.29, 0.717) is 12.2 Å². The molecule has 0 saturated heterocycles. The normalized spacial score (nSPS) is 13.0. The van der Waals surface area contributed by atoms with Crippen molar-refractivity contribution in [2.75, 3.05) is 11.9 Å². The Morgan fingerprint density at radius 1 is 0.889 bits per heavy atom. The Hall–Kier alpha value is -2.33. The monoisotopic (exact) mass is 368 g/mol. The van der Waals surface area contributed by atoms with E-state index in [0.717, 1.165) is 44.3 Å². The van der Waals surface area contributed by atoms with Crippen LogP contribution < -0.4 is 15.4 Å². The molecule has 0 heterocycles. The van der Waals surface area contributed by atoms with Gasteiger partial charge in [0.05, 0.1) is 0 Å². The van der Waals surface area contributed by atoms with Crippen LogP contribution in [0.15, 0.2) is 60.7 Å². The summed E-state index contributed by atoms with van der Waals surface area (Å²) in [6, 6.07) is 19.1. The van der Waals surface area contributed by atoms with Crippen molar-refractivity contribution in [1.29, 1.82) is 0 Å². The first-order chi connectivity index (χ1) is 13.2. The van der Waals surface area contributed by atoms with Crippen LogP contribution in [0.2, 0.25) is 0 Å². The molecule has 2 N–H and O–H groups in total. The van der Waals surface area contributed by atoms with Gasteiger partial charge in [-0.05, 0) is 43.7 Å². The maximum atomic E-state index is 13.3. The van der Waals surface area contributed by atoms with E-state index in [2.05, 4.69) is 24.5 Å². The van der Waals surface area contributed by atoms with Crippen LogP contribution in [0.5, 0.6) is 5.75 Å². The molecule has 1 amide bonds. The fourth-order valence-corrected chi connectivity index (χ4v) is 2.95. The van der Waals surface area contributed by atoms with Crippen molar-refractivity contribution in [2.24, 2.45) is 0 Å². The number of benzene rings is 2. The molecule has 2 aromatic carbocycles. The molecule has 0 bridgehead atoms. The van der Waals surface area contributed by atoms with E-state index in [1.165, 1.54) is 0 Å². The van der Waals surface area contributed by atoms with Crippen LogP contribution in [-0.2, 0) is 4.79 Å². The SMILES string of the molecule is CCCCCC(NCCCC)(Oc1ccccc1)C(=O)Nc1ccccc1. The summed E-state index contributed by atoms with van der Waals surface area (Å²) in [6.45, 7) is 5.04. The van der Waals surface area contributed by atoms with E-state index in [4.69, 9.17) is 4.74 Å². The highest BCUT2D eigenvalue weighted by atomic mass is 16.5. The Kier molecular flexibility index (Phi) is 8.85. The minimum Gasteiger partial charge on any atom is -0.463 e. The molecular weight excluding hydrogens is 336 g/mol. The zero-order valence-electron chi connectivity index (χ0n) is 16.5. The largest absolute Gasteiger partial charge is 0.463 e. The third kappa shape index (κ3) is 6.72. The zero-order chi connectivity index (χ0) is 19.4. The van der Waals surface area contributed by atoms with E-state index in [1.807, 2.05) is 60.7 Å². The number of unbranched alkanes of at least 4 members (excludes halogenated alkanes) is 3. The number of anilines is 1. The molecular formula is C23H32N2O2. The van der Waals surface area contributed by atoms with Gasteiger partial charge in [0, 0.05) is 12.1 Å². The van der Waals surface area contributed by atoms with Gasteiger partial charge in [-0.25, -0.2) is 0 Å². The lowest BCUT2D eigenvalue weighted by atomic mass is 10.0. The summed E-state index contributed by atoms with van der Waals surface area (Å²) >= 11 is 0. The molecule has 2 rings (SSSR count). The minimum atomic E-state index is -1.08. The highest BCUT2D eigenvalue weighted by Gasteiger charge is 2.40. The Morgan fingerprint density at radius 2 is 1.52 bits per heavy atom. The number of nitrogens with one attached hydrogen (secondary N) is 2. The fraction of sp³-hybridized carbons (Fsp3) is 0.435. The van der Waals surface area contributed by atoms with E-state index >= 15 is 0 Å². The van der Waals surface area contributed by atoms with Crippen LogP contribution >= 0.6 is 0 Å². The van der Waals surface area contributed by atoms with Crippen molar-refractivity contribution < 1.29 is 9.53 Å². The van der Waals surface area contributed by atoms with Crippen LogP contribution in [-0.4, -0.2) is 18.2 Å². The van der Waals surface area contributed by atoms with Crippen molar-refractivity contribution in [3.05, 3.63) is 60.7 Å². The van der Waals surface area contributed by atoms with Gasteiger partial charge >= 0.3 is 0 Å². The van der Waals surface area contributed by atoms with Gasteiger partial charge in [-0.1, -0.05) is 69.5 Å². The molecule has 0 saturated carbocycles. The molecule has 0 aliphatic carbocycles. The van der Waals surface area contributed by atoms with Crippen LogP contribution in [0.25, 0.3) is 0 Å². The van der Waals surface area contributed by atoms with Crippen LogP contribution in [0.4, 0.5) is 5.69 Å². The number of para-hydroxylation sites is 2. The summed E-state index contributed by atoms with van der Waals surface area (Å²) in [4.78, 5) is 13.3. The number of amides is 1. The minimum absolute atomic E-state index is 0.148. The highest BCUT2D eigenvalue weighted by molar-refractivity contribution is 5.97. The lowest BCUT2D eigenvalue weighted by Crippen LogP contribution is -2.59.